The highest BCUT2D eigenvalue weighted by atomic mass is 16.5. The van der Waals surface area contributed by atoms with E-state index in [1.807, 2.05) is 30.8 Å². The smallest absolute Gasteiger partial charge is 0.410 e. The highest BCUT2D eigenvalue weighted by molar-refractivity contribution is 5.68. The van der Waals surface area contributed by atoms with Crippen LogP contribution in [0.5, 0.6) is 0 Å². The molecule has 0 saturated carbocycles. The van der Waals surface area contributed by atoms with E-state index in [9.17, 15) is 4.79 Å². The largest absolute Gasteiger partial charge is 0.453 e. The summed E-state index contributed by atoms with van der Waals surface area (Å²) >= 11 is 0. The van der Waals surface area contributed by atoms with Gasteiger partial charge in [0.25, 0.3) is 0 Å². The van der Waals surface area contributed by atoms with E-state index in [2.05, 4.69) is 23.3 Å². The maximum atomic E-state index is 11.6. The van der Waals surface area contributed by atoms with Crippen molar-refractivity contribution in [2.75, 3.05) is 7.11 Å². The van der Waals surface area contributed by atoms with Gasteiger partial charge < -0.3 is 4.74 Å². The van der Waals surface area contributed by atoms with E-state index in [0.717, 1.165) is 19.4 Å². The molecule has 0 aliphatic carbocycles. The predicted molar refractivity (Wildman–Crippen MR) is 90.0 cm³/mol. The van der Waals surface area contributed by atoms with Crippen molar-refractivity contribution in [3.63, 3.8) is 0 Å². The maximum Gasteiger partial charge on any atom is 0.410 e. The second-order valence-electron chi connectivity index (χ2n) is 5.30. The van der Waals surface area contributed by atoms with Gasteiger partial charge in [-0.1, -0.05) is 32.0 Å². The summed E-state index contributed by atoms with van der Waals surface area (Å²) in [6, 6.07) is 8.43. The van der Waals surface area contributed by atoms with Gasteiger partial charge in [0.15, 0.2) is 0 Å². The average molecular weight is 315 g/mol. The summed E-state index contributed by atoms with van der Waals surface area (Å²) in [5.74, 6) is 0. The lowest BCUT2D eigenvalue weighted by molar-refractivity contribution is 0.123. The molecule has 2 aromatic rings. The first-order valence-electron chi connectivity index (χ1n) is 8.17. The molecule has 124 valence electrons. The van der Waals surface area contributed by atoms with Crippen LogP contribution < -0.4 is 0 Å². The maximum absolute atomic E-state index is 11.6. The minimum absolute atomic E-state index is 0.258. The quantitative estimate of drug-likeness (QED) is 0.865. The van der Waals surface area contributed by atoms with E-state index in [4.69, 9.17) is 4.74 Å². The van der Waals surface area contributed by atoms with Crippen molar-refractivity contribution < 1.29 is 9.53 Å². The molecule has 1 aliphatic heterocycles. The number of aryl methyl sites for hydroxylation is 2. The average Bonchev–Trinajstić information content (AvgIpc) is 3.25. The van der Waals surface area contributed by atoms with E-state index >= 15 is 0 Å². The molecular formula is C18H25N3O2. The number of amides is 1. The lowest BCUT2D eigenvalue weighted by Gasteiger charge is -2.12. The third-order valence-corrected chi connectivity index (χ3v) is 3.84. The van der Waals surface area contributed by atoms with Crippen molar-refractivity contribution in [1.29, 1.82) is 0 Å². The van der Waals surface area contributed by atoms with Crippen molar-refractivity contribution >= 4 is 6.09 Å². The van der Waals surface area contributed by atoms with E-state index in [-0.39, 0.29) is 6.09 Å². The van der Waals surface area contributed by atoms with Crippen LogP contribution in [0.25, 0.3) is 0 Å². The molecule has 23 heavy (non-hydrogen) atoms. The Kier molecular flexibility index (Phi) is 6.20. The highest BCUT2D eigenvalue weighted by Gasteiger charge is 2.23. The molecule has 1 aromatic heterocycles. The molecule has 0 bridgehead atoms. The van der Waals surface area contributed by atoms with E-state index < -0.39 is 0 Å². The fourth-order valence-corrected chi connectivity index (χ4v) is 2.74. The van der Waals surface area contributed by atoms with E-state index in [0.29, 0.717) is 13.1 Å². The fraction of sp³-hybridized carbons (Fsp3) is 0.444. The van der Waals surface area contributed by atoms with Crippen LogP contribution in [0.15, 0.2) is 36.7 Å². The number of rotatable bonds is 4. The van der Waals surface area contributed by atoms with Gasteiger partial charge in [0.05, 0.1) is 7.11 Å². The van der Waals surface area contributed by atoms with Crippen LogP contribution in [0.1, 0.15) is 37.0 Å². The van der Waals surface area contributed by atoms with Crippen molar-refractivity contribution in [2.45, 2.75) is 46.3 Å². The van der Waals surface area contributed by atoms with Gasteiger partial charge in [0.1, 0.15) is 0 Å². The molecule has 0 unspecified atom stereocenters. The molecular weight excluding hydrogens is 290 g/mol. The molecule has 5 heteroatoms. The molecule has 1 aliphatic rings. The van der Waals surface area contributed by atoms with Crippen molar-refractivity contribution in [2.24, 2.45) is 0 Å². The van der Waals surface area contributed by atoms with Gasteiger partial charge in [0.2, 0.25) is 0 Å². The summed E-state index contributed by atoms with van der Waals surface area (Å²) in [6.07, 6.45) is 5.60. The third-order valence-electron chi connectivity index (χ3n) is 3.84. The Morgan fingerprint density at radius 3 is 2.74 bits per heavy atom. The Bertz CT molecular complexity index is 623. The number of nitrogens with zero attached hydrogens (tertiary/aromatic N) is 3. The lowest BCUT2D eigenvalue weighted by Crippen LogP contribution is -2.24. The first-order chi connectivity index (χ1) is 11.3. The highest BCUT2D eigenvalue weighted by Crippen LogP contribution is 2.24. The lowest BCUT2D eigenvalue weighted by atomic mass is 10.0. The van der Waals surface area contributed by atoms with Crippen LogP contribution in [0.3, 0.4) is 0 Å². The zero-order valence-electron chi connectivity index (χ0n) is 14.2. The van der Waals surface area contributed by atoms with Crippen molar-refractivity contribution in [3.05, 3.63) is 53.3 Å². The zero-order chi connectivity index (χ0) is 16.7. The van der Waals surface area contributed by atoms with E-state index in [1.165, 1.54) is 23.8 Å². The van der Waals surface area contributed by atoms with Crippen LogP contribution in [0, 0.1) is 0 Å². The van der Waals surface area contributed by atoms with Gasteiger partial charge in [-0.05, 0) is 35.6 Å². The number of benzene rings is 1. The topological polar surface area (TPSA) is 47.4 Å². The molecule has 0 N–H and O–H groups in total. The summed E-state index contributed by atoms with van der Waals surface area (Å²) in [5.41, 5.74) is 3.76. The second kappa shape index (κ2) is 8.36. The standard InChI is InChI=1S/C16H19N3O2.C2H6/c1-21-16(20)18-11-14-6-5-13(10-15(14)12-18)4-2-8-19-9-3-7-17-19;1-2/h3,5-7,9-10H,2,4,8,11-12H2,1H3;1-2H3. The number of methoxy groups -OCH3 is 1. The van der Waals surface area contributed by atoms with Crippen molar-refractivity contribution in [1.82, 2.24) is 14.7 Å². The Morgan fingerprint density at radius 2 is 2.04 bits per heavy atom. The molecule has 0 fully saturated rings. The summed E-state index contributed by atoms with van der Waals surface area (Å²) in [5, 5.41) is 4.20. The normalized spacial score (nSPS) is 12.4. The number of ether oxygens (including phenoxy) is 1. The first-order valence-corrected chi connectivity index (χ1v) is 8.17. The van der Waals surface area contributed by atoms with E-state index in [1.54, 1.807) is 11.1 Å². The summed E-state index contributed by atoms with van der Waals surface area (Å²) in [6.45, 7) is 6.23. The van der Waals surface area contributed by atoms with Gasteiger partial charge in [-0.2, -0.15) is 5.10 Å². The molecule has 0 atom stereocenters. The van der Waals surface area contributed by atoms with Gasteiger partial charge in [-0.15, -0.1) is 0 Å². The molecule has 0 radical (unpaired) electrons. The Hall–Kier alpha value is -2.30. The first kappa shape index (κ1) is 17.1. The van der Waals surface area contributed by atoms with Crippen molar-refractivity contribution in [3.8, 4) is 0 Å². The molecule has 1 amide bonds. The third kappa shape index (κ3) is 4.34. The summed E-state index contributed by atoms with van der Waals surface area (Å²) in [7, 11) is 1.42. The SMILES string of the molecule is CC.COC(=O)N1Cc2ccc(CCCn3cccn3)cc2C1. The van der Waals surface area contributed by atoms with Gasteiger partial charge in [0, 0.05) is 32.0 Å². The van der Waals surface area contributed by atoms with Crippen LogP contribution >= 0.6 is 0 Å². The Balaban J connectivity index is 0.000000924. The monoisotopic (exact) mass is 315 g/mol. The van der Waals surface area contributed by atoms with Crippen LogP contribution in [0.2, 0.25) is 0 Å². The van der Waals surface area contributed by atoms with Crippen LogP contribution in [-0.4, -0.2) is 27.9 Å². The molecule has 0 saturated heterocycles. The van der Waals surface area contributed by atoms with Crippen LogP contribution in [-0.2, 0) is 30.8 Å². The minimum Gasteiger partial charge on any atom is -0.453 e. The predicted octanol–water partition coefficient (Wildman–Crippen LogP) is 3.62. The molecule has 5 nitrogen and oxygen atoms in total. The number of carbonyl (C=O) groups is 1. The van der Waals surface area contributed by atoms with Crippen LogP contribution in [0.4, 0.5) is 4.79 Å². The number of hydrogen-bond acceptors (Lipinski definition) is 3. The molecule has 3 rings (SSSR count). The Morgan fingerprint density at radius 1 is 1.26 bits per heavy atom. The second-order valence-corrected chi connectivity index (χ2v) is 5.30. The number of carbonyl (C=O) groups excluding carboxylic acids is 1. The molecule has 2 heterocycles. The number of fused-ring (bicyclic) bond motifs is 1. The Labute approximate surface area is 137 Å². The number of aromatic nitrogens is 2. The summed E-state index contributed by atoms with van der Waals surface area (Å²) in [4.78, 5) is 13.3. The minimum atomic E-state index is -0.258. The molecule has 1 aromatic carbocycles. The van der Waals surface area contributed by atoms with Gasteiger partial charge >= 0.3 is 6.09 Å². The van der Waals surface area contributed by atoms with Gasteiger partial charge in [-0.3, -0.25) is 9.58 Å². The van der Waals surface area contributed by atoms with Gasteiger partial charge in [-0.25, -0.2) is 4.79 Å². The molecule has 0 spiro atoms. The number of hydrogen-bond donors (Lipinski definition) is 0. The zero-order valence-corrected chi connectivity index (χ0v) is 14.2. The summed E-state index contributed by atoms with van der Waals surface area (Å²) < 4.78 is 6.73. The fourth-order valence-electron chi connectivity index (χ4n) is 2.74.